The van der Waals surface area contributed by atoms with Gasteiger partial charge in [-0.1, -0.05) is 18.2 Å². The first-order valence-electron chi connectivity index (χ1n) is 6.35. The number of anilines is 2. The average Bonchev–Trinajstić information content (AvgIpc) is 3.15. The molecule has 0 radical (unpaired) electrons. The highest BCUT2D eigenvalue weighted by Gasteiger charge is 2.12. The summed E-state index contributed by atoms with van der Waals surface area (Å²) in [5.41, 5.74) is 2.10. The van der Waals surface area contributed by atoms with Crippen LogP contribution in [0.4, 0.5) is 17.3 Å². The van der Waals surface area contributed by atoms with Gasteiger partial charge < -0.3 is 10.3 Å². The maximum absolute atomic E-state index is 9.29. The maximum atomic E-state index is 9.29. The Hall–Kier alpha value is -3.33. The number of benzene rings is 1. The first-order chi connectivity index (χ1) is 10.4. The van der Waals surface area contributed by atoms with Crippen LogP contribution in [-0.2, 0) is 0 Å². The molecule has 0 atom stereocenters. The smallest absolute Gasteiger partial charge is 0.193 e. The van der Waals surface area contributed by atoms with Crippen molar-refractivity contribution in [3.8, 4) is 6.07 Å². The topological polar surface area (TPSA) is 92.7 Å². The first kappa shape index (κ1) is 12.7. The Bertz CT molecular complexity index is 777. The van der Waals surface area contributed by atoms with Crippen LogP contribution in [0, 0.1) is 11.3 Å². The van der Waals surface area contributed by atoms with Gasteiger partial charge in [-0.25, -0.2) is 4.99 Å². The summed E-state index contributed by atoms with van der Waals surface area (Å²) in [6.07, 6.45) is 3.43. The van der Waals surface area contributed by atoms with Gasteiger partial charge in [-0.2, -0.15) is 10.4 Å². The minimum atomic E-state index is 0.352. The molecule has 0 fully saturated rings. The van der Waals surface area contributed by atoms with E-state index in [-0.39, 0.29) is 0 Å². The number of aromatic nitrogens is 3. The normalized spacial score (nSPS) is 10.6. The van der Waals surface area contributed by atoms with Crippen LogP contribution in [0.15, 0.2) is 53.7 Å². The summed E-state index contributed by atoms with van der Waals surface area (Å²) in [6.45, 7) is 0. The number of aliphatic imine (C=N–C) groups is 1. The third-order valence-corrected chi connectivity index (χ3v) is 2.85. The van der Waals surface area contributed by atoms with Crippen molar-refractivity contribution in [1.82, 2.24) is 15.2 Å². The molecule has 0 aliphatic carbocycles. The quantitative estimate of drug-likeness (QED) is 0.639. The zero-order valence-corrected chi connectivity index (χ0v) is 11.0. The van der Waals surface area contributed by atoms with Gasteiger partial charge in [0, 0.05) is 11.9 Å². The molecule has 2 aromatic heterocycles. The van der Waals surface area contributed by atoms with E-state index in [2.05, 4.69) is 31.6 Å². The highest BCUT2D eigenvalue weighted by molar-refractivity contribution is 5.81. The second kappa shape index (κ2) is 5.75. The Morgan fingerprint density at radius 3 is 2.76 bits per heavy atom. The average molecular weight is 276 g/mol. The van der Waals surface area contributed by atoms with Crippen LogP contribution in [0.3, 0.4) is 0 Å². The molecule has 0 aliphatic rings. The van der Waals surface area contributed by atoms with Gasteiger partial charge in [-0.15, -0.1) is 0 Å². The second-order valence-corrected chi connectivity index (χ2v) is 4.28. The number of aromatic amines is 2. The van der Waals surface area contributed by atoms with E-state index in [4.69, 9.17) is 0 Å². The molecule has 102 valence electrons. The molecule has 0 aliphatic heterocycles. The number of para-hydroxylation sites is 1. The number of hydrogen-bond donors (Lipinski definition) is 3. The van der Waals surface area contributed by atoms with E-state index in [1.165, 1.54) is 0 Å². The molecule has 21 heavy (non-hydrogen) atoms. The lowest BCUT2D eigenvalue weighted by Crippen LogP contribution is -1.92. The molecule has 3 aromatic rings. The number of H-pyrrole nitrogens is 2. The number of rotatable bonds is 4. The molecule has 2 heterocycles. The molecule has 6 nitrogen and oxygen atoms in total. The van der Waals surface area contributed by atoms with Gasteiger partial charge in [-0.05, 0) is 24.3 Å². The third kappa shape index (κ3) is 2.82. The van der Waals surface area contributed by atoms with E-state index in [1.54, 1.807) is 12.4 Å². The van der Waals surface area contributed by atoms with Gasteiger partial charge in [0.1, 0.15) is 17.5 Å². The second-order valence-electron chi connectivity index (χ2n) is 4.28. The third-order valence-electron chi connectivity index (χ3n) is 2.85. The zero-order chi connectivity index (χ0) is 14.5. The molecule has 0 amide bonds. The number of nitrogens with one attached hydrogen (secondary N) is 3. The molecular formula is C15H12N6. The molecule has 6 heteroatoms. The maximum Gasteiger partial charge on any atom is 0.193 e. The Morgan fingerprint density at radius 1 is 1.19 bits per heavy atom. The summed E-state index contributed by atoms with van der Waals surface area (Å²) in [5, 5.41) is 19.3. The van der Waals surface area contributed by atoms with Crippen LogP contribution in [0.1, 0.15) is 11.3 Å². The van der Waals surface area contributed by atoms with Crippen molar-refractivity contribution in [2.45, 2.75) is 0 Å². The molecule has 0 spiro atoms. The van der Waals surface area contributed by atoms with Crippen molar-refractivity contribution in [2.75, 3.05) is 5.32 Å². The molecule has 0 saturated heterocycles. The van der Waals surface area contributed by atoms with E-state index in [9.17, 15) is 5.26 Å². The van der Waals surface area contributed by atoms with E-state index in [0.717, 1.165) is 11.4 Å². The standard InChI is InChI=1S/C15H12N6/c16-9-13-14(18-10-12-7-4-8-17-12)20-21-15(13)19-11-5-2-1-3-6-11/h1-8,10,17H,(H2,19,20,21). The summed E-state index contributed by atoms with van der Waals surface area (Å²) >= 11 is 0. The number of hydrogen-bond acceptors (Lipinski definition) is 4. The van der Waals surface area contributed by atoms with Gasteiger partial charge in [0.25, 0.3) is 0 Å². The summed E-state index contributed by atoms with van der Waals surface area (Å²) < 4.78 is 0. The lowest BCUT2D eigenvalue weighted by Gasteiger charge is -2.02. The minimum absolute atomic E-state index is 0.352. The van der Waals surface area contributed by atoms with Crippen molar-refractivity contribution in [3.63, 3.8) is 0 Å². The van der Waals surface area contributed by atoms with Crippen molar-refractivity contribution in [3.05, 3.63) is 59.9 Å². The van der Waals surface area contributed by atoms with Gasteiger partial charge in [-0.3, -0.25) is 5.10 Å². The Labute approximate surface area is 121 Å². The summed E-state index contributed by atoms with van der Waals surface area (Å²) in [6, 6.07) is 15.4. The molecule has 1 aromatic carbocycles. The molecule has 3 N–H and O–H groups in total. The van der Waals surface area contributed by atoms with Gasteiger partial charge in [0.15, 0.2) is 5.82 Å². The van der Waals surface area contributed by atoms with Gasteiger partial charge in [0.2, 0.25) is 0 Å². The van der Waals surface area contributed by atoms with Crippen LogP contribution in [0.2, 0.25) is 0 Å². The van der Waals surface area contributed by atoms with Gasteiger partial charge >= 0.3 is 0 Å². The van der Waals surface area contributed by atoms with E-state index in [1.807, 2.05) is 42.5 Å². The molecule has 0 unspecified atom stereocenters. The largest absolute Gasteiger partial charge is 0.360 e. The van der Waals surface area contributed by atoms with Crippen molar-refractivity contribution in [2.24, 2.45) is 4.99 Å². The lowest BCUT2D eigenvalue weighted by atomic mass is 10.3. The van der Waals surface area contributed by atoms with Crippen molar-refractivity contribution >= 4 is 23.5 Å². The predicted molar refractivity (Wildman–Crippen MR) is 81.1 cm³/mol. The number of nitriles is 1. The highest BCUT2D eigenvalue weighted by Crippen LogP contribution is 2.25. The lowest BCUT2D eigenvalue weighted by molar-refractivity contribution is 1.09. The molecule has 0 bridgehead atoms. The molecule has 0 saturated carbocycles. The molecule has 3 rings (SSSR count). The van der Waals surface area contributed by atoms with Crippen molar-refractivity contribution in [1.29, 1.82) is 5.26 Å². The van der Waals surface area contributed by atoms with Crippen LogP contribution in [0.5, 0.6) is 0 Å². The fraction of sp³-hybridized carbons (Fsp3) is 0. The fourth-order valence-electron chi connectivity index (χ4n) is 1.84. The predicted octanol–water partition coefficient (Wildman–Crippen LogP) is 3.10. The Balaban J connectivity index is 1.86. The first-order valence-corrected chi connectivity index (χ1v) is 6.35. The summed E-state index contributed by atoms with van der Waals surface area (Å²) in [5.74, 6) is 0.882. The minimum Gasteiger partial charge on any atom is -0.360 e. The van der Waals surface area contributed by atoms with E-state index >= 15 is 0 Å². The number of nitrogens with zero attached hydrogens (tertiary/aromatic N) is 3. The van der Waals surface area contributed by atoms with Crippen LogP contribution in [-0.4, -0.2) is 21.4 Å². The SMILES string of the molecule is N#Cc1c(N=Cc2ccc[nH]2)n[nH]c1Nc1ccccc1. The fourth-order valence-corrected chi connectivity index (χ4v) is 1.84. The van der Waals surface area contributed by atoms with E-state index in [0.29, 0.717) is 17.2 Å². The van der Waals surface area contributed by atoms with Crippen LogP contribution < -0.4 is 5.32 Å². The Morgan fingerprint density at radius 2 is 2.05 bits per heavy atom. The molecular weight excluding hydrogens is 264 g/mol. The van der Waals surface area contributed by atoms with Crippen LogP contribution >= 0.6 is 0 Å². The summed E-state index contributed by atoms with van der Waals surface area (Å²) in [7, 11) is 0. The zero-order valence-electron chi connectivity index (χ0n) is 11.0. The highest BCUT2D eigenvalue weighted by atomic mass is 15.2. The van der Waals surface area contributed by atoms with Gasteiger partial charge in [0.05, 0.1) is 11.9 Å². The Kier molecular flexibility index (Phi) is 3.48. The monoisotopic (exact) mass is 276 g/mol. The van der Waals surface area contributed by atoms with Crippen LogP contribution in [0.25, 0.3) is 0 Å². The summed E-state index contributed by atoms with van der Waals surface area (Å²) in [4.78, 5) is 7.23. The van der Waals surface area contributed by atoms with Crippen molar-refractivity contribution < 1.29 is 0 Å². The van der Waals surface area contributed by atoms with E-state index < -0.39 is 0 Å².